The number of halogens is 1. The van der Waals surface area contributed by atoms with Crippen molar-refractivity contribution in [1.29, 1.82) is 0 Å². The molecule has 2 aromatic carbocycles. The minimum absolute atomic E-state index is 0.0933. The molecule has 0 bridgehead atoms. The summed E-state index contributed by atoms with van der Waals surface area (Å²) in [6.45, 7) is 1.87. The van der Waals surface area contributed by atoms with Crippen molar-refractivity contribution in [2.75, 3.05) is 29.9 Å². The Morgan fingerprint density at radius 2 is 1.89 bits per heavy atom. The van der Waals surface area contributed by atoms with Crippen molar-refractivity contribution < 1.29 is 9.59 Å². The Morgan fingerprint density at radius 3 is 2.68 bits per heavy atom. The van der Waals surface area contributed by atoms with Gasteiger partial charge in [-0.05, 0) is 80.7 Å². The third kappa shape index (κ3) is 3.78. The summed E-state index contributed by atoms with van der Waals surface area (Å²) in [6, 6.07) is 12.6. The lowest BCUT2D eigenvalue weighted by atomic mass is 9.69. The SMILES string of the molecule is O=C(CN1C(=O)C2(CCC(Nc3ccc4[nH]ncc4c3)CC2)c2c(Br)cccc21)N1CC2CCCC2C1. The van der Waals surface area contributed by atoms with Gasteiger partial charge in [0.05, 0.1) is 17.1 Å². The average Bonchev–Trinajstić information content (AvgIpc) is 3.66. The van der Waals surface area contributed by atoms with Gasteiger partial charge in [-0.3, -0.25) is 14.7 Å². The maximum Gasteiger partial charge on any atom is 0.242 e. The Balaban J connectivity index is 1.09. The van der Waals surface area contributed by atoms with E-state index >= 15 is 0 Å². The molecule has 7 rings (SSSR count). The number of carbonyl (C=O) groups is 2. The summed E-state index contributed by atoms with van der Waals surface area (Å²) < 4.78 is 0.973. The molecule has 0 radical (unpaired) electrons. The summed E-state index contributed by atoms with van der Waals surface area (Å²) in [5.41, 5.74) is 3.52. The number of benzene rings is 2. The van der Waals surface area contributed by atoms with E-state index in [-0.39, 0.29) is 18.4 Å². The monoisotopic (exact) mass is 561 g/mol. The van der Waals surface area contributed by atoms with Crippen LogP contribution in [0, 0.1) is 11.8 Å². The summed E-state index contributed by atoms with van der Waals surface area (Å²) in [7, 11) is 0. The molecule has 8 heteroatoms. The van der Waals surface area contributed by atoms with Crippen LogP contribution >= 0.6 is 15.9 Å². The van der Waals surface area contributed by atoms with Crippen LogP contribution in [-0.2, 0) is 15.0 Å². The van der Waals surface area contributed by atoms with E-state index in [1.807, 2.05) is 35.4 Å². The van der Waals surface area contributed by atoms with Crippen molar-refractivity contribution in [2.24, 2.45) is 11.8 Å². The van der Waals surface area contributed by atoms with Crippen LogP contribution in [0.4, 0.5) is 11.4 Å². The van der Waals surface area contributed by atoms with Crippen molar-refractivity contribution >= 4 is 50.0 Å². The number of carbonyl (C=O) groups excluding carboxylic acids is 2. The number of fused-ring (bicyclic) bond motifs is 4. The van der Waals surface area contributed by atoms with Gasteiger partial charge in [-0.2, -0.15) is 5.10 Å². The van der Waals surface area contributed by atoms with Gasteiger partial charge in [-0.15, -0.1) is 0 Å². The predicted octanol–water partition coefficient (Wildman–Crippen LogP) is 5.22. The van der Waals surface area contributed by atoms with Gasteiger partial charge in [0.1, 0.15) is 6.54 Å². The van der Waals surface area contributed by atoms with Crippen molar-refractivity contribution in [1.82, 2.24) is 15.1 Å². The maximum absolute atomic E-state index is 14.1. The summed E-state index contributed by atoms with van der Waals surface area (Å²) >= 11 is 3.77. The quantitative estimate of drug-likeness (QED) is 0.457. The van der Waals surface area contributed by atoms with Gasteiger partial charge in [-0.25, -0.2) is 0 Å². The number of anilines is 2. The number of nitrogens with one attached hydrogen (secondary N) is 2. The summed E-state index contributed by atoms with van der Waals surface area (Å²) in [5.74, 6) is 1.50. The molecule has 4 aliphatic rings. The molecule has 1 spiro atoms. The highest BCUT2D eigenvalue weighted by atomic mass is 79.9. The molecule has 2 N–H and O–H groups in total. The van der Waals surface area contributed by atoms with E-state index in [1.165, 1.54) is 19.3 Å². The summed E-state index contributed by atoms with van der Waals surface area (Å²) in [4.78, 5) is 31.3. The minimum atomic E-state index is -0.566. The number of likely N-dealkylation sites (tertiary alicyclic amines) is 1. The van der Waals surface area contributed by atoms with E-state index in [1.54, 1.807) is 4.90 Å². The van der Waals surface area contributed by atoms with E-state index in [4.69, 9.17) is 0 Å². The van der Waals surface area contributed by atoms with Gasteiger partial charge in [0.2, 0.25) is 11.8 Å². The van der Waals surface area contributed by atoms with E-state index in [0.717, 1.165) is 71.1 Å². The highest BCUT2D eigenvalue weighted by Crippen LogP contribution is 2.53. The molecule has 192 valence electrons. The average molecular weight is 563 g/mol. The second-order valence-electron chi connectivity index (χ2n) is 11.4. The largest absolute Gasteiger partial charge is 0.382 e. The Kier molecular flexibility index (Phi) is 5.57. The number of nitrogens with zero attached hydrogens (tertiary/aromatic N) is 3. The zero-order valence-electron chi connectivity index (χ0n) is 20.9. The highest BCUT2D eigenvalue weighted by molar-refractivity contribution is 9.10. The number of hydrogen-bond donors (Lipinski definition) is 2. The van der Waals surface area contributed by atoms with Crippen LogP contribution in [0.3, 0.4) is 0 Å². The molecule has 2 amide bonds. The van der Waals surface area contributed by atoms with Crippen molar-refractivity contribution in [2.45, 2.75) is 56.4 Å². The molecule has 1 saturated heterocycles. The minimum Gasteiger partial charge on any atom is -0.382 e. The van der Waals surface area contributed by atoms with Gasteiger partial charge in [0.15, 0.2) is 0 Å². The second kappa shape index (κ2) is 8.86. The lowest BCUT2D eigenvalue weighted by Crippen LogP contribution is -2.48. The van der Waals surface area contributed by atoms with Crippen molar-refractivity contribution in [3.8, 4) is 0 Å². The van der Waals surface area contributed by atoms with Gasteiger partial charge in [0.25, 0.3) is 0 Å². The molecule has 2 aliphatic heterocycles. The molecule has 2 unspecified atom stereocenters. The molecular formula is C29H32BrN5O2. The number of aromatic amines is 1. The van der Waals surface area contributed by atoms with Crippen LogP contribution in [-0.4, -0.2) is 52.6 Å². The Morgan fingerprint density at radius 1 is 1.11 bits per heavy atom. The van der Waals surface area contributed by atoms with Crippen LogP contribution in [0.5, 0.6) is 0 Å². The molecule has 2 aliphatic carbocycles. The van der Waals surface area contributed by atoms with Crippen LogP contribution in [0.15, 0.2) is 47.1 Å². The summed E-state index contributed by atoms with van der Waals surface area (Å²) in [5, 5.41) is 11.9. The number of aromatic nitrogens is 2. The second-order valence-corrected chi connectivity index (χ2v) is 12.3. The fourth-order valence-corrected chi connectivity index (χ4v) is 8.24. The number of amides is 2. The standard InChI is InChI=1S/C29H32BrN5O2/c30-23-5-2-6-25-27(23)29(28(37)35(25)17-26(36)34-15-18-3-1-4-19(18)16-34)11-9-21(10-12-29)32-22-7-8-24-20(13-22)14-31-33-24/h2,5-8,13-14,18-19,21,32H,1,3-4,9-12,15-17H2,(H,31,33). The fourth-order valence-electron chi connectivity index (χ4n) is 7.50. The molecule has 1 aromatic heterocycles. The molecule has 3 heterocycles. The predicted molar refractivity (Wildman–Crippen MR) is 148 cm³/mol. The van der Waals surface area contributed by atoms with E-state index in [2.05, 4.69) is 43.6 Å². The van der Waals surface area contributed by atoms with Gasteiger partial charge < -0.3 is 15.1 Å². The summed E-state index contributed by atoms with van der Waals surface area (Å²) in [6.07, 6.45) is 8.94. The topological polar surface area (TPSA) is 81.3 Å². The van der Waals surface area contributed by atoms with Crippen LogP contribution < -0.4 is 10.2 Å². The third-order valence-corrected chi connectivity index (χ3v) is 10.1. The zero-order valence-corrected chi connectivity index (χ0v) is 22.5. The van der Waals surface area contributed by atoms with Crippen molar-refractivity contribution in [3.63, 3.8) is 0 Å². The normalized spacial score (nSPS) is 28.8. The maximum atomic E-state index is 14.1. The molecule has 3 aromatic rings. The molecule has 7 nitrogen and oxygen atoms in total. The van der Waals surface area contributed by atoms with Crippen LogP contribution in [0.25, 0.3) is 10.9 Å². The third-order valence-electron chi connectivity index (χ3n) is 9.44. The molecular weight excluding hydrogens is 530 g/mol. The first-order valence-corrected chi connectivity index (χ1v) is 14.4. The van der Waals surface area contributed by atoms with Gasteiger partial charge >= 0.3 is 0 Å². The first-order chi connectivity index (χ1) is 18.0. The first-order valence-electron chi connectivity index (χ1n) is 13.6. The number of hydrogen-bond acceptors (Lipinski definition) is 4. The number of H-pyrrole nitrogens is 1. The first kappa shape index (κ1) is 23.3. The Bertz CT molecular complexity index is 1370. The Hall–Kier alpha value is -2.87. The van der Waals surface area contributed by atoms with Crippen molar-refractivity contribution in [3.05, 3.63) is 52.6 Å². The van der Waals surface area contributed by atoms with E-state index < -0.39 is 5.41 Å². The molecule has 37 heavy (non-hydrogen) atoms. The smallest absolute Gasteiger partial charge is 0.242 e. The molecule has 2 atom stereocenters. The van der Waals surface area contributed by atoms with Crippen LogP contribution in [0.2, 0.25) is 0 Å². The zero-order chi connectivity index (χ0) is 25.1. The van der Waals surface area contributed by atoms with Crippen LogP contribution in [0.1, 0.15) is 50.5 Å². The highest BCUT2D eigenvalue weighted by Gasteiger charge is 2.54. The fraction of sp³-hybridized carbons (Fsp3) is 0.483. The van der Waals surface area contributed by atoms with Gasteiger partial charge in [0, 0.05) is 45.9 Å². The lowest BCUT2D eigenvalue weighted by molar-refractivity contribution is -0.132. The molecule has 2 saturated carbocycles. The molecule has 3 fully saturated rings. The Labute approximate surface area is 225 Å². The van der Waals surface area contributed by atoms with Gasteiger partial charge in [-0.1, -0.05) is 28.4 Å². The lowest BCUT2D eigenvalue weighted by Gasteiger charge is -2.37. The number of rotatable bonds is 4. The van der Waals surface area contributed by atoms with E-state index in [9.17, 15) is 9.59 Å². The van der Waals surface area contributed by atoms with E-state index in [0.29, 0.717) is 17.9 Å².